The highest BCUT2D eigenvalue weighted by Gasteiger charge is 2.25. The van der Waals surface area contributed by atoms with E-state index < -0.39 is 11.8 Å². The Morgan fingerprint density at radius 3 is 2.43 bits per heavy atom. The normalized spacial score (nSPS) is 15.8. The first-order valence-corrected chi connectivity index (χ1v) is 6.70. The summed E-state index contributed by atoms with van der Waals surface area (Å²) in [7, 11) is 1.53. The quantitative estimate of drug-likeness (QED) is 0.906. The number of carbonyl (C=O) groups excluding carboxylic acids is 1. The number of urea groups is 1. The van der Waals surface area contributed by atoms with Crippen LogP contribution < -0.4 is 4.90 Å². The van der Waals surface area contributed by atoms with Gasteiger partial charge in [0.25, 0.3) is 0 Å². The minimum atomic E-state index is -0.877. The number of benzene rings is 1. The summed E-state index contributed by atoms with van der Waals surface area (Å²) in [6, 6.07) is 5.82. The molecule has 6 nitrogen and oxygen atoms in total. The smallest absolute Gasteiger partial charge is 0.324 e. The average Bonchev–Trinajstić information content (AvgIpc) is 2.46. The minimum Gasteiger partial charge on any atom is -0.480 e. The number of piperazine rings is 1. The van der Waals surface area contributed by atoms with Crippen molar-refractivity contribution in [2.24, 2.45) is 0 Å². The molecule has 1 aliphatic rings. The van der Waals surface area contributed by atoms with E-state index in [4.69, 9.17) is 5.11 Å². The standard InChI is InChI=1S/C14H18FN3O3/c1-16(12-5-3-2-4-11(12)15)14(21)18-8-6-17(7-9-18)10-13(19)20/h2-5H,6-10H2,1H3,(H,19,20). The topological polar surface area (TPSA) is 64.1 Å². The summed E-state index contributed by atoms with van der Waals surface area (Å²) in [5, 5.41) is 8.74. The maximum Gasteiger partial charge on any atom is 0.324 e. The van der Waals surface area contributed by atoms with E-state index in [-0.39, 0.29) is 18.3 Å². The van der Waals surface area contributed by atoms with Crippen LogP contribution in [-0.2, 0) is 4.79 Å². The SMILES string of the molecule is CN(C(=O)N1CCN(CC(=O)O)CC1)c1ccccc1F. The average molecular weight is 295 g/mol. The molecule has 21 heavy (non-hydrogen) atoms. The van der Waals surface area contributed by atoms with Crippen LogP contribution in [0.4, 0.5) is 14.9 Å². The van der Waals surface area contributed by atoms with Gasteiger partial charge in [-0.05, 0) is 12.1 Å². The molecule has 0 atom stereocenters. The van der Waals surface area contributed by atoms with Crippen LogP contribution in [0.15, 0.2) is 24.3 Å². The Labute approximate surface area is 122 Å². The first-order valence-electron chi connectivity index (χ1n) is 6.70. The second kappa shape index (κ2) is 6.53. The van der Waals surface area contributed by atoms with E-state index >= 15 is 0 Å². The molecule has 2 amide bonds. The lowest BCUT2D eigenvalue weighted by molar-refractivity contribution is -0.138. The van der Waals surface area contributed by atoms with Crippen molar-refractivity contribution in [3.05, 3.63) is 30.1 Å². The van der Waals surface area contributed by atoms with Crippen LogP contribution in [-0.4, -0.2) is 66.7 Å². The number of para-hydroxylation sites is 1. The molecule has 0 bridgehead atoms. The molecule has 0 aromatic heterocycles. The van der Waals surface area contributed by atoms with Crippen molar-refractivity contribution >= 4 is 17.7 Å². The molecule has 1 N–H and O–H groups in total. The van der Waals surface area contributed by atoms with Crippen molar-refractivity contribution in [2.75, 3.05) is 44.7 Å². The molecule has 1 saturated heterocycles. The Kier molecular flexibility index (Phi) is 4.74. The van der Waals surface area contributed by atoms with Gasteiger partial charge >= 0.3 is 12.0 Å². The molecular weight excluding hydrogens is 277 g/mol. The molecule has 0 aliphatic carbocycles. The monoisotopic (exact) mass is 295 g/mol. The van der Waals surface area contributed by atoms with Crippen LogP contribution in [0.3, 0.4) is 0 Å². The second-order valence-corrected chi connectivity index (χ2v) is 4.95. The molecule has 1 aromatic rings. The van der Waals surface area contributed by atoms with Gasteiger partial charge in [-0.1, -0.05) is 12.1 Å². The lowest BCUT2D eigenvalue weighted by atomic mass is 10.3. The van der Waals surface area contributed by atoms with Crippen LogP contribution >= 0.6 is 0 Å². The zero-order valence-corrected chi connectivity index (χ0v) is 11.8. The summed E-state index contributed by atoms with van der Waals surface area (Å²) >= 11 is 0. The van der Waals surface area contributed by atoms with Crippen LogP contribution in [0, 0.1) is 5.82 Å². The number of aliphatic carboxylic acids is 1. The van der Waals surface area contributed by atoms with Crippen molar-refractivity contribution in [1.29, 1.82) is 0 Å². The molecule has 1 aliphatic heterocycles. The number of carboxylic acids is 1. The maximum absolute atomic E-state index is 13.7. The number of carboxylic acid groups (broad SMARTS) is 1. The van der Waals surface area contributed by atoms with Gasteiger partial charge in [0.05, 0.1) is 12.2 Å². The van der Waals surface area contributed by atoms with Gasteiger partial charge in [0.2, 0.25) is 0 Å². The molecule has 0 unspecified atom stereocenters. The number of halogens is 1. The Morgan fingerprint density at radius 2 is 1.86 bits per heavy atom. The summed E-state index contributed by atoms with van der Waals surface area (Å²) in [6.07, 6.45) is 0. The van der Waals surface area contributed by atoms with E-state index in [2.05, 4.69) is 0 Å². The fourth-order valence-electron chi connectivity index (χ4n) is 2.33. The van der Waals surface area contributed by atoms with Gasteiger partial charge in [-0.3, -0.25) is 14.6 Å². The third kappa shape index (κ3) is 3.69. The molecule has 7 heteroatoms. The summed E-state index contributed by atoms with van der Waals surface area (Å²) in [6.45, 7) is 1.85. The lowest BCUT2D eigenvalue weighted by Crippen LogP contribution is -2.53. The number of anilines is 1. The highest BCUT2D eigenvalue weighted by Crippen LogP contribution is 2.19. The van der Waals surface area contributed by atoms with Gasteiger partial charge in [0, 0.05) is 33.2 Å². The fourth-order valence-corrected chi connectivity index (χ4v) is 2.33. The van der Waals surface area contributed by atoms with Crippen molar-refractivity contribution in [2.45, 2.75) is 0 Å². The highest BCUT2D eigenvalue weighted by atomic mass is 19.1. The number of hydrogen-bond donors (Lipinski definition) is 1. The third-order valence-electron chi connectivity index (χ3n) is 3.50. The minimum absolute atomic E-state index is 0.0226. The number of carbonyl (C=O) groups is 2. The lowest BCUT2D eigenvalue weighted by Gasteiger charge is -2.36. The number of nitrogens with zero attached hydrogens (tertiary/aromatic N) is 3. The van der Waals surface area contributed by atoms with E-state index in [1.54, 1.807) is 28.0 Å². The van der Waals surface area contributed by atoms with Crippen LogP contribution in [0.25, 0.3) is 0 Å². The molecule has 0 spiro atoms. The van der Waals surface area contributed by atoms with Gasteiger partial charge in [-0.15, -0.1) is 0 Å². The van der Waals surface area contributed by atoms with E-state index in [9.17, 15) is 14.0 Å². The van der Waals surface area contributed by atoms with Gasteiger partial charge in [0.15, 0.2) is 0 Å². The van der Waals surface area contributed by atoms with E-state index in [0.717, 1.165) is 0 Å². The second-order valence-electron chi connectivity index (χ2n) is 4.95. The number of amides is 2. The number of rotatable bonds is 3. The van der Waals surface area contributed by atoms with Gasteiger partial charge in [-0.25, -0.2) is 9.18 Å². The van der Waals surface area contributed by atoms with Crippen LogP contribution in [0.5, 0.6) is 0 Å². The van der Waals surface area contributed by atoms with Gasteiger partial charge in [0.1, 0.15) is 5.82 Å². The van der Waals surface area contributed by atoms with Crippen molar-refractivity contribution < 1.29 is 19.1 Å². The molecule has 114 valence electrons. The first-order chi connectivity index (χ1) is 9.99. The molecule has 2 rings (SSSR count). The summed E-state index contributed by atoms with van der Waals surface area (Å²) in [5.74, 6) is -1.32. The third-order valence-corrected chi connectivity index (χ3v) is 3.50. The van der Waals surface area contributed by atoms with E-state index in [1.807, 2.05) is 0 Å². The first kappa shape index (κ1) is 15.2. The Bertz CT molecular complexity index is 530. The zero-order valence-electron chi connectivity index (χ0n) is 11.8. The predicted octanol–water partition coefficient (Wildman–Crippen LogP) is 1.08. The van der Waals surface area contributed by atoms with Crippen LogP contribution in [0.2, 0.25) is 0 Å². The van der Waals surface area contributed by atoms with Gasteiger partial charge in [-0.2, -0.15) is 0 Å². The van der Waals surface area contributed by atoms with Crippen LogP contribution in [0.1, 0.15) is 0 Å². The Balaban J connectivity index is 1.96. The molecular formula is C14H18FN3O3. The van der Waals surface area contributed by atoms with Crippen molar-refractivity contribution in [3.63, 3.8) is 0 Å². The highest BCUT2D eigenvalue weighted by molar-refractivity contribution is 5.91. The van der Waals surface area contributed by atoms with Crippen molar-refractivity contribution in [1.82, 2.24) is 9.80 Å². The maximum atomic E-state index is 13.7. The molecule has 1 aromatic carbocycles. The van der Waals surface area contributed by atoms with E-state index in [1.165, 1.54) is 18.0 Å². The zero-order chi connectivity index (χ0) is 15.4. The predicted molar refractivity (Wildman–Crippen MR) is 75.8 cm³/mol. The molecule has 1 heterocycles. The largest absolute Gasteiger partial charge is 0.480 e. The summed E-state index contributed by atoms with van der Waals surface area (Å²) in [4.78, 5) is 27.6. The summed E-state index contributed by atoms with van der Waals surface area (Å²) in [5.41, 5.74) is 0.232. The van der Waals surface area contributed by atoms with Gasteiger partial charge < -0.3 is 10.0 Å². The molecule has 0 saturated carbocycles. The fraction of sp³-hybridized carbons (Fsp3) is 0.429. The summed E-state index contributed by atoms with van der Waals surface area (Å²) < 4.78 is 13.7. The Morgan fingerprint density at radius 1 is 1.24 bits per heavy atom. The van der Waals surface area contributed by atoms with Crippen molar-refractivity contribution in [3.8, 4) is 0 Å². The molecule has 1 fully saturated rings. The Hall–Kier alpha value is -2.15. The molecule has 0 radical (unpaired) electrons. The van der Waals surface area contributed by atoms with E-state index in [0.29, 0.717) is 26.2 Å². The number of hydrogen-bond acceptors (Lipinski definition) is 3.